The van der Waals surface area contributed by atoms with Gasteiger partial charge in [-0.05, 0) is 36.9 Å². The second-order valence-corrected chi connectivity index (χ2v) is 6.60. The molecule has 2 aliphatic heterocycles. The van der Waals surface area contributed by atoms with Gasteiger partial charge in [0.25, 0.3) is 0 Å². The molecule has 1 N–H and O–H groups in total. The summed E-state index contributed by atoms with van der Waals surface area (Å²) in [6.45, 7) is 3.93. The Balaban J connectivity index is 1.41. The summed E-state index contributed by atoms with van der Waals surface area (Å²) in [6.07, 6.45) is 2.83. The van der Waals surface area contributed by atoms with Crippen molar-refractivity contribution >= 4 is 11.9 Å². The zero-order valence-electron chi connectivity index (χ0n) is 13.4. The van der Waals surface area contributed by atoms with E-state index >= 15 is 0 Å². The van der Waals surface area contributed by atoms with Crippen LogP contribution < -0.4 is 0 Å². The lowest BCUT2D eigenvalue weighted by atomic mass is 9.98. The number of hydrogen-bond donors (Lipinski definition) is 1. The van der Waals surface area contributed by atoms with E-state index in [1.54, 1.807) is 4.90 Å². The normalized spacial score (nSPS) is 21.2. The zero-order chi connectivity index (χ0) is 16.2. The number of fused-ring (bicyclic) bond motifs is 1. The van der Waals surface area contributed by atoms with Gasteiger partial charge in [0.15, 0.2) is 0 Å². The first kappa shape index (κ1) is 16.0. The van der Waals surface area contributed by atoms with E-state index in [4.69, 9.17) is 5.11 Å². The first-order valence-electron chi connectivity index (χ1n) is 8.43. The molecule has 1 fully saturated rings. The van der Waals surface area contributed by atoms with Crippen molar-refractivity contribution in [2.24, 2.45) is 5.92 Å². The molecule has 124 valence electrons. The lowest BCUT2D eigenvalue weighted by molar-refractivity contribution is -0.145. The van der Waals surface area contributed by atoms with Crippen LogP contribution in [0.1, 0.15) is 36.8 Å². The average Bonchev–Trinajstić information content (AvgIpc) is 2.97. The molecule has 1 saturated heterocycles. The molecule has 0 spiro atoms. The zero-order valence-corrected chi connectivity index (χ0v) is 13.4. The van der Waals surface area contributed by atoms with Crippen LogP contribution >= 0.6 is 0 Å². The molecular weight excluding hydrogens is 292 g/mol. The van der Waals surface area contributed by atoms with Crippen LogP contribution in [0.5, 0.6) is 0 Å². The van der Waals surface area contributed by atoms with Gasteiger partial charge in [0.05, 0.1) is 5.92 Å². The first-order valence-corrected chi connectivity index (χ1v) is 8.43. The van der Waals surface area contributed by atoms with Crippen molar-refractivity contribution in [3.05, 3.63) is 35.4 Å². The number of carboxylic acids is 1. The van der Waals surface area contributed by atoms with Gasteiger partial charge in [0, 0.05) is 32.6 Å². The Bertz CT molecular complexity index is 562. The number of hydrogen-bond acceptors (Lipinski definition) is 3. The van der Waals surface area contributed by atoms with Crippen molar-refractivity contribution in [1.29, 1.82) is 0 Å². The molecule has 0 bridgehead atoms. The Morgan fingerprint density at radius 2 is 1.87 bits per heavy atom. The van der Waals surface area contributed by atoms with Gasteiger partial charge >= 0.3 is 5.97 Å². The monoisotopic (exact) mass is 316 g/mol. The molecule has 1 aromatic carbocycles. The smallest absolute Gasteiger partial charge is 0.308 e. The molecule has 0 aromatic heterocycles. The largest absolute Gasteiger partial charge is 0.481 e. The third-order valence-corrected chi connectivity index (χ3v) is 4.89. The fourth-order valence-corrected chi connectivity index (χ4v) is 3.58. The summed E-state index contributed by atoms with van der Waals surface area (Å²) in [6, 6.07) is 8.47. The summed E-state index contributed by atoms with van der Waals surface area (Å²) in [5.41, 5.74) is 2.78. The molecule has 1 atom stereocenters. The van der Waals surface area contributed by atoms with Crippen molar-refractivity contribution in [1.82, 2.24) is 9.80 Å². The lowest BCUT2D eigenvalue weighted by Crippen LogP contribution is -2.42. The van der Waals surface area contributed by atoms with Gasteiger partial charge in [-0.25, -0.2) is 0 Å². The topological polar surface area (TPSA) is 60.9 Å². The highest BCUT2D eigenvalue weighted by molar-refractivity contribution is 5.78. The fourth-order valence-electron chi connectivity index (χ4n) is 3.58. The van der Waals surface area contributed by atoms with Gasteiger partial charge in [-0.15, -0.1) is 0 Å². The van der Waals surface area contributed by atoms with Crippen LogP contribution in [0.4, 0.5) is 0 Å². The van der Waals surface area contributed by atoms with Gasteiger partial charge in [-0.2, -0.15) is 0 Å². The molecular formula is C18H24N2O3. The second kappa shape index (κ2) is 7.13. The maximum atomic E-state index is 12.3. The number of amides is 1. The number of piperidine rings is 1. The number of aliphatic carboxylic acids is 1. The van der Waals surface area contributed by atoms with Crippen LogP contribution in [0.15, 0.2) is 24.3 Å². The minimum Gasteiger partial charge on any atom is -0.481 e. The molecule has 23 heavy (non-hydrogen) atoms. The lowest BCUT2D eigenvalue weighted by Gasteiger charge is -2.31. The van der Waals surface area contributed by atoms with Gasteiger partial charge in [-0.3, -0.25) is 14.5 Å². The number of carbonyl (C=O) groups excluding carboxylic acids is 1. The minimum absolute atomic E-state index is 0.104. The standard InChI is InChI=1S/C18H24N2O3/c21-17(20-10-3-7-16(13-20)18(22)23)8-4-9-19-11-14-5-1-2-6-15(14)12-19/h1-2,5-6,16H,3-4,7-13H2,(H,22,23)/t16-/m1/s1. The second-order valence-electron chi connectivity index (χ2n) is 6.60. The SMILES string of the molecule is O=C(O)[C@@H]1CCCN(C(=O)CCCN2Cc3ccccc3C2)C1. The van der Waals surface area contributed by atoms with Crippen LogP contribution in [-0.2, 0) is 22.7 Å². The highest BCUT2D eigenvalue weighted by Crippen LogP contribution is 2.22. The summed E-state index contributed by atoms with van der Waals surface area (Å²) in [7, 11) is 0. The molecule has 0 aliphatic carbocycles. The van der Waals surface area contributed by atoms with E-state index in [0.29, 0.717) is 25.9 Å². The van der Waals surface area contributed by atoms with Crippen molar-refractivity contribution in [2.45, 2.75) is 38.8 Å². The Morgan fingerprint density at radius 3 is 2.52 bits per heavy atom. The van der Waals surface area contributed by atoms with E-state index in [0.717, 1.165) is 32.5 Å². The van der Waals surface area contributed by atoms with Crippen LogP contribution in [0.3, 0.4) is 0 Å². The quantitative estimate of drug-likeness (QED) is 0.904. The molecule has 0 unspecified atom stereocenters. The Hall–Kier alpha value is -1.88. The summed E-state index contributed by atoms with van der Waals surface area (Å²) >= 11 is 0. The number of nitrogens with zero attached hydrogens (tertiary/aromatic N) is 2. The van der Waals surface area contributed by atoms with E-state index in [1.807, 2.05) is 0 Å². The van der Waals surface area contributed by atoms with Crippen molar-refractivity contribution < 1.29 is 14.7 Å². The summed E-state index contributed by atoms with van der Waals surface area (Å²) in [5, 5.41) is 9.10. The average molecular weight is 316 g/mol. The van der Waals surface area contributed by atoms with E-state index in [9.17, 15) is 9.59 Å². The molecule has 2 heterocycles. The van der Waals surface area contributed by atoms with Crippen LogP contribution in [0, 0.1) is 5.92 Å². The molecule has 5 heteroatoms. The van der Waals surface area contributed by atoms with E-state index < -0.39 is 5.97 Å². The van der Waals surface area contributed by atoms with Crippen molar-refractivity contribution in [3.8, 4) is 0 Å². The van der Waals surface area contributed by atoms with Crippen LogP contribution in [-0.4, -0.2) is 46.4 Å². The predicted molar refractivity (Wildman–Crippen MR) is 86.7 cm³/mol. The highest BCUT2D eigenvalue weighted by Gasteiger charge is 2.28. The van der Waals surface area contributed by atoms with E-state index in [2.05, 4.69) is 29.2 Å². The fraction of sp³-hybridized carbons (Fsp3) is 0.556. The number of likely N-dealkylation sites (tertiary alicyclic amines) is 1. The van der Waals surface area contributed by atoms with Crippen molar-refractivity contribution in [3.63, 3.8) is 0 Å². The Labute approximate surface area is 136 Å². The maximum Gasteiger partial charge on any atom is 0.308 e. The molecule has 5 nitrogen and oxygen atoms in total. The molecule has 3 rings (SSSR count). The predicted octanol–water partition coefficient (Wildman–Crippen LogP) is 2.11. The van der Waals surface area contributed by atoms with E-state index in [-0.39, 0.29) is 11.8 Å². The highest BCUT2D eigenvalue weighted by atomic mass is 16.4. The van der Waals surface area contributed by atoms with Crippen LogP contribution in [0.25, 0.3) is 0 Å². The number of carboxylic acid groups (broad SMARTS) is 1. The molecule has 2 aliphatic rings. The molecule has 1 aromatic rings. The summed E-state index contributed by atoms with van der Waals surface area (Å²) < 4.78 is 0. The summed E-state index contributed by atoms with van der Waals surface area (Å²) in [5.74, 6) is -1.06. The van der Waals surface area contributed by atoms with Gasteiger partial charge < -0.3 is 10.0 Å². The third-order valence-electron chi connectivity index (χ3n) is 4.89. The Kier molecular flexibility index (Phi) is 4.96. The molecule has 1 amide bonds. The van der Waals surface area contributed by atoms with E-state index in [1.165, 1.54) is 11.1 Å². The van der Waals surface area contributed by atoms with Gasteiger partial charge in [0.1, 0.15) is 0 Å². The number of rotatable bonds is 5. The maximum absolute atomic E-state index is 12.3. The Morgan fingerprint density at radius 1 is 1.17 bits per heavy atom. The third kappa shape index (κ3) is 3.91. The summed E-state index contributed by atoms with van der Waals surface area (Å²) in [4.78, 5) is 27.5. The molecule has 0 radical (unpaired) electrons. The minimum atomic E-state index is -0.780. The number of benzene rings is 1. The molecule has 0 saturated carbocycles. The van der Waals surface area contributed by atoms with Crippen molar-refractivity contribution in [2.75, 3.05) is 19.6 Å². The van der Waals surface area contributed by atoms with Gasteiger partial charge in [0.2, 0.25) is 5.91 Å². The first-order chi connectivity index (χ1) is 11.1. The van der Waals surface area contributed by atoms with Crippen LogP contribution in [0.2, 0.25) is 0 Å². The van der Waals surface area contributed by atoms with Gasteiger partial charge in [-0.1, -0.05) is 24.3 Å². The number of carbonyl (C=O) groups is 2.